The van der Waals surface area contributed by atoms with Crippen molar-refractivity contribution in [1.29, 1.82) is 0 Å². The van der Waals surface area contributed by atoms with Gasteiger partial charge in [0.1, 0.15) is 0 Å². The fourth-order valence-corrected chi connectivity index (χ4v) is 1.55. The first-order chi connectivity index (χ1) is 6.60. The lowest BCUT2D eigenvalue weighted by atomic mass is 10.1. The maximum Gasteiger partial charge on any atom is 0.230 e. The van der Waals surface area contributed by atoms with Crippen molar-refractivity contribution >= 4 is 5.91 Å². The van der Waals surface area contributed by atoms with E-state index < -0.39 is 0 Å². The molecule has 0 aliphatic heterocycles. The summed E-state index contributed by atoms with van der Waals surface area (Å²) in [4.78, 5) is 11.6. The summed E-state index contributed by atoms with van der Waals surface area (Å²) in [5.41, 5.74) is -0.197. The predicted molar refractivity (Wildman–Crippen MR) is 58.9 cm³/mol. The van der Waals surface area contributed by atoms with Gasteiger partial charge >= 0.3 is 0 Å². The summed E-state index contributed by atoms with van der Waals surface area (Å²) in [6.07, 6.45) is 6.02. The van der Waals surface area contributed by atoms with Crippen LogP contribution in [0.3, 0.4) is 0 Å². The molecule has 0 heterocycles. The highest BCUT2D eigenvalue weighted by molar-refractivity contribution is 5.87. The summed E-state index contributed by atoms with van der Waals surface area (Å²) in [5, 5.41) is 2.98. The summed E-state index contributed by atoms with van der Waals surface area (Å²) in [6, 6.07) is 0. The van der Waals surface area contributed by atoms with Crippen LogP contribution in [0.25, 0.3) is 0 Å². The van der Waals surface area contributed by atoms with Crippen molar-refractivity contribution in [2.75, 3.05) is 6.54 Å². The molecular weight excluding hydrogens is 174 g/mol. The number of nitrogens with one attached hydrogen (secondary N) is 1. The second-order valence-corrected chi connectivity index (χ2v) is 4.65. The van der Waals surface area contributed by atoms with Crippen LogP contribution < -0.4 is 5.32 Å². The predicted octanol–water partition coefficient (Wildman–Crippen LogP) is 2.51. The van der Waals surface area contributed by atoms with Crippen molar-refractivity contribution in [1.82, 2.24) is 5.32 Å². The number of amides is 1. The van der Waals surface area contributed by atoms with Crippen molar-refractivity contribution in [3.8, 4) is 0 Å². The molecule has 0 unspecified atom stereocenters. The molecule has 0 bridgehead atoms. The molecule has 0 aromatic carbocycles. The van der Waals surface area contributed by atoms with Crippen LogP contribution in [0.15, 0.2) is 12.7 Å². The first-order valence-corrected chi connectivity index (χ1v) is 5.52. The van der Waals surface area contributed by atoms with Crippen LogP contribution in [-0.4, -0.2) is 12.5 Å². The van der Waals surface area contributed by atoms with Gasteiger partial charge in [-0.05, 0) is 31.6 Å². The van der Waals surface area contributed by atoms with E-state index in [-0.39, 0.29) is 11.3 Å². The van der Waals surface area contributed by atoms with Crippen LogP contribution in [0, 0.1) is 11.3 Å². The minimum Gasteiger partial charge on any atom is -0.355 e. The molecule has 1 aliphatic rings. The smallest absolute Gasteiger partial charge is 0.230 e. The summed E-state index contributed by atoms with van der Waals surface area (Å²) in [6.45, 7) is 8.93. The van der Waals surface area contributed by atoms with E-state index in [0.717, 1.165) is 31.7 Å². The minimum atomic E-state index is -0.197. The molecule has 0 radical (unpaired) electrons. The van der Waals surface area contributed by atoms with E-state index in [1.807, 2.05) is 0 Å². The third kappa shape index (κ3) is 2.86. The molecule has 1 amide bonds. The van der Waals surface area contributed by atoms with E-state index in [9.17, 15) is 4.79 Å². The van der Waals surface area contributed by atoms with E-state index in [1.165, 1.54) is 6.42 Å². The Balaban J connectivity index is 2.13. The molecule has 2 heteroatoms. The van der Waals surface area contributed by atoms with Gasteiger partial charge in [0.25, 0.3) is 0 Å². The van der Waals surface area contributed by atoms with Gasteiger partial charge in [0, 0.05) is 6.54 Å². The van der Waals surface area contributed by atoms with E-state index in [2.05, 4.69) is 25.7 Å². The zero-order valence-electron chi connectivity index (χ0n) is 9.31. The standard InChI is InChI=1S/C12H21NO/c1-4-12(7-8-12)11(14)13-9-5-6-10(2)3/h4,10H,1,5-9H2,2-3H3,(H,13,14). The number of hydrogen-bond donors (Lipinski definition) is 1. The Kier molecular flexibility index (Phi) is 3.73. The summed E-state index contributed by atoms with van der Waals surface area (Å²) >= 11 is 0. The second-order valence-electron chi connectivity index (χ2n) is 4.65. The van der Waals surface area contributed by atoms with Crippen LogP contribution in [0.1, 0.15) is 39.5 Å². The first kappa shape index (κ1) is 11.3. The lowest BCUT2D eigenvalue weighted by molar-refractivity contribution is -0.124. The summed E-state index contributed by atoms with van der Waals surface area (Å²) < 4.78 is 0. The summed E-state index contributed by atoms with van der Waals surface area (Å²) in [7, 11) is 0. The molecule has 80 valence electrons. The van der Waals surface area contributed by atoms with Crippen LogP contribution >= 0.6 is 0 Å². The molecule has 0 aromatic heterocycles. The molecule has 14 heavy (non-hydrogen) atoms. The van der Waals surface area contributed by atoms with Crippen LogP contribution in [0.5, 0.6) is 0 Å². The minimum absolute atomic E-state index is 0.177. The average Bonchev–Trinajstić information content (AvgIpc) is 2.92. The van der Waals surface area contributed by atoms with Crippen molar-refractivity contribution in [3.05, 3.63) is 12.7 Å². The molecule has 1 aliphatic carbocycles. The maximum absolute atomic E-state index is 11.6. The van der Waals surface area contributed by atoms with Gasteiger partial charge in [0.15, 0.2) is 0 Å². The Labute approximate surface area is 86.8 Å². The lowest BCUT2D eigenvalue weighted by Crippen LogP contribution is -2.31. The van der Waals surface area contributed by atoms with E-state index >= 15 is 0 Å². The highest BCUT2D eigenvalue weighted by Gasteiger charge is 2.46. The Morgan fingerprint density at radius 1 is 1.57 bits per heavy atom. The van der Waals surface area contributed by atoms with Gasteiger partial charge in [-0.25, -0.2) is 0 Å². The van der Waals surface area contributed by atoms with Crippen LogP contribution in [0.2, 0.25) is 0 Å². The van der Waals surface area contributed by atoms with Gasteiger partial charge in [0.05, 0.1) is 5.41 Å². The summed E-state index contributed by atoms with van der Waals surface area (Å²) in [5.74, 6) is 0.900. The molecule has 0 saturated heterocycles. The zero-order valence-corrected chi connectivity index (χ0v) is 9.31. The fraction of sp³-hybridized carbons (Fsp3) is 0.750. The fourth-order valence-electron chi connectivity index (χ4n) is 1.55. The molecule has 1 rings (SSSR count). The molecule has 1 N–H and O–H groups in total. The third-order valence-electron chi connectivity index (χ3n) is 2.88. The Morgan fingerprint density at radius 2 is 2.21 bits per heavy atom. The molecule has 1 fully saturated rings. The van der Waals surface area contributed by atoms with Gasteiger partial charge < -0.3 is 5.32 Å². The monoisotopic (exact) mass is 195 g/mol. The normalized spacial score (nSPS) is 17.9. The molecule has 0 aromatic rings. The van der Waals surface area contributed by atoms with Gasteiger partial charge in [0.2, 0.25) is 5.91 Å². The molecular formula is C12H21NO. The molecule has 1 saturated carbocycles. The van der Waals surface area contributed by atoms with Crippen LogP contribution in [-0.2, 0) is 4.79 Å². The molecule has 0 spiro atoms. The highest BCUT2D eigenvalue weighted by Crippen LogP contribution is 2.46. The van der Waals surface area contributed by atoms with E-state index in [0.29, 0.717) is 0 Å². The molecule has 2 nitrogen and oxygen atoms in total. The van der Waals surface area contributed by atoms with Gasteiger partial charge in [-0.15, -0.1) is 6.58 Å². The van der Waals surface area contributed by atoms with Crippen LogP contribution in [0.4, 0.5) is 0 Å². The molecule has 0 atom stereocenters. The Hall–Kier alpha value is -0.790. The Morgan fingerprint density at radius 3 is 2.64 bits per heavy atom. The van der Waals surface area contributed by atoms with Crippen molar-refractivity contribution in [2.45, 2.75) is 39.5 Å². The van der Waals surface area contributed by atoms with E-state index in [1.54, 1.807) is 6.08 Å². The highest BCUT2D eigenvalue weighted by atomic mass is 16.2. The van der Waals surface area contributed by atoms with E-state index in [4.69, 9.17) is 0 Å². The van der Waals surface area contributed by atoms with Gasteiger partial charge in [-0.2, -0.15) is 0 Å². The lowest BCUT2D eigenvalue weighted by Gasteiger charge is -2.11. The SMILES string of the molecule is C=CC1(C(=O)NCCCC(C)C)CC1. The van der Waals surface area contributed by atoms with Crippen molar-refractivity contribution in [3.63, 3.8) is 0 Å². The largest absolute Gasteiger partial charge is 0.355 e. The number of carbonyl (C=O) groups is 1. The van der Waals surface area contributed by atoms with Gasteiger partial charge in [-0.3, -0.25) is 4.79 Å². The second kappa shape index (κ2) is 4.63. The van der Waals surface area contributed by atoms with Gasteiger partial charge in [-0.1, -0.05) is 19.9 Å². The maximum atomic E-state index is 11.6. The average molecular weight is 195 g/mol. The third-order valence-corrected chi connectivity index (χ3v) is 2.88. The number of rotatable bonds is 6. The van der Waals surface area contributed by atoms with Crippen molar-refractivity contribution < 1.29 is 4.79 Å². The number of hydrogen-bond acceptors (Lipinski definition) is 1. The van der Waals surface area contributed by atoms with Crippen molar-refractivity contribution in [2.24, 2.45) is 11.3 Å². The first-order valence-electron chi connectivity index (χ1n) is 5.52. The number of carbonyl (C=O) groups excluding carboxylic acids is 1. The zero-order chi connectivity index (χ0) is 10.6. The Bertz CT molecular complexity index is 216. The topological polar surface area (TPSA) is 29.1 Å². The quantitative estimate of drug-likeness (QED) is 0.512.